The molecule has 23 heavy (non-hydrogen) atoms. The van der Waals surface area contributed by atoms with Crippen LogP contribution in [-0.2, 0) is 17.1 Å². The van der Waals surface area contributed by atoms with E-state index in [9.17, 15) is 0 Å². The molecule has 0 fully saturated rings. The van der Waals surface area contributed by atoms with Crippen molar-refractivity contribution in [2.45, 2.75) is 0 Å². The fourth-order valence-corrected chi connectivity index (χ4v) is 2.44. The van der Waals surface area contributed by atoms with Crippen molar-refractivity contribution in [3.8, 4) is 0 Å². The minimum Gasteiger partial charge on any atom is -0.399 e. The summed E-state index contributed by atoms with van der Waals surface area (Å²) in [5.74, 6) is 0. The largest absolute Gasteiger partial charge is 0.399 e. The Morgan fingerprint density at radius 2 is 1.04 bits per heavy atom. The van der Waals surface area contributed by atoms with E-state index >= 15 is 0 Å². The van der Waals surface area contributed by atoms with E-state index in [0.717, 1.165) is 33.6 Å². The van der Waals surface area contributed by atoms with Crippen LogP contribution in [0.2, 0.25) is 0 Å². The Labute approximate surface area is 146 Å². The zero-order chi connectivity index (χ0) is 15.5. The molecule has 2 aromatic rings. The van der Waals surface area contributed by atoms with Gasteiger partial charge in [-0.1, -0.05) is 36.4 Å². The summed E-state index contributed by atoms with van der Waals surface area (Å²) >= 11 is 0. The second-order valence-corrected chi connectivity index (χ2v) is 5.20. The molecule has 1 radical (unpaired) electrons. The van der Waals surface area contributed by atoms with Gasteiger partial charge in [0.15, 0.2) is 0 Å². The van der Waals surface area contributed by atoms with Crippen molar-refractivity contribution in [2.75, 3.05) is 11.5 Å². The molecule has 0 aliphatic heterocycles. The van der Waals surface area contributed by atoms with Gasteiger partial charge in [0.1, 0.15) is 0 Å². The van der Waals surface area contributed by atoms with Gasteiger partial charge in [-0.05, 0) is 58.7 Å². The van der Waals surface area contributed by atoms with Crippen LogP contribution in [0.25, 0.3) is 5.57 Å². The number of hydrogen-bond donors (Lipinski definition) is 3. The Morgan fingerprint density at radius 3 is 1.43 bits per heavy atom. The summed E-state index contributed by atoms with van der Waals surface area (Å²) in [5, 5.41) is 7.66. The third-order valence-electron chi connectivity index (χ3n) is 3.57. The molecular weight excluding hydrogens is 334 g/mol. The zero-order valence-electron chi connectivity index (χ0n) is 12.4. The molecule has 2 aromatic carbocycles. The van der Waals surface area contributed by atoms with Crippen LogP contribution in [0.3, 0.4) is 0 Å². The molecule has 0 bridgehead atoms. The Kier molecular flexibility index (Phi) is 5.22. The SMILES string of the molecule is N=C1C=CC(=C(c2ccc(N)cc2)c2ccc(N)cc2)C=C1.[Cu]. The molecule has 0 saturated heterocycles. The van der Waals surface area contributed by atoms with E-state index in [0.29, 0.717) is 5.71 Å². The molecule has 0 heterocycles. The van der Waals surface area contributed by atoms with Crippen LogP contribution in [-0.4, -0.2) is 5.71 Å². The smallest absolute Gasteiger partial charge is 0.0540 e. The van der Waals surface area contributed by atoms with Crippen LogP contribution < -0.4 is 11.5 Å². The summed E-state index contributed by atoms with van der Waals surface area (Å²) in [6.45, 7) is 0. The van der Waals surface area contributed by atoms with Gasteiger partial charge < -0.3 is 16.9 Å². The number of rotatable bonds is 2. The maximum Gasteiger partial charge on any atom is 0.0540 e. The van der Waals surface area contributed by atoms with E-state index in [-0.39, 0.29) is 17.1 Å². The van der Waals surface area contributed by atoms with Crippen LogP contribution in [0.5, 0.6) is 0 Å². The Bertz CT molecular complexity index is 732. The number of anilines is 2. The van der Waals surface area contributed by atoms with Gasteiger partial charge in [-0.25, -0.2) is 0 Å². The van der Waals surface area contributed by atoms with Crippen molar-refractivity contribution in [2.24, 2.45) is 0 Å². The van der Waals surface area contributed by atoms with Crippen LogP contribution in [0.1, 0.15) is 11.1 Å². The van der Waals surface area contributed by atoms with Crippen molar-refractivity contribution in [3.05, 3.63) is 89.5 Å². The molecule has 1 aliphatic rings. The van der Waals surface area contributed by atoms with E-state index in [1.54, 1.807) is 12.2 Å². The van der Waals surface area contributed by atoms with E-state index in [2.05, 4.69) is 0 Å². The molecule has 5 N–H and O–H groups in total. The monoisotopic (exact) mass is 350 g/mol. The van der Waals surface area contributed by atoms with Crippen molar-refractivity contribution in [3.63, 3.8) is 0 Å². The van der Waals surface area contributed by atoms with Crippen LogP contribution in [0.4, 0.5) is 11.4 Å². The molecule has 3 rings (SSSR count). The van der Waals surface area contributed by atoms with Gasteiger partial charge in [0, 0.05) is 28.4 Å². The maximum atomic E-state index is 7.66. The standard InChI is InChI=1S/C19H17N3.Cu/c20-16-7-1-13(2-8-16)19(14-3-9-17(21)10-4-14)15-5-11-18(22)12-6-15;/h1-12,20H,21-22H2;. The molecule has 0 saturated carbocycles. The summed E-state index contributed by atoms with van der Waals surface area (Å²) in [4.78, 5) is 0. The Morgan fingerprint density at radius 1 is 0.652 bits per heavy atom. The molecule has 3 nitrogen and oxygen atoms in total. The predicted molar refractivity (Wildman–Crippen MR) is 93.7 cm³/mol. The summed E-state index contributed by atoms with van der Waals surface area (Å²) < 4.78 is 0. The average molecular weight is 351 g/mol. The number of nitrogen functional groups attached to an aromatic ring is 2. The van der Waals surface area contributed by atoms with Crippen LogP contribution in [0.15, 0.2) is 78.4 Å². The molecule has 0 aromatic heterocycles. The number of hydrogen-bond acceptors (Lipinski definition) is 3. The van der Waals surface area contributed by atoms with Gasteiger partial charge in [-0.3, -0.25) is 0 Å². The van der Waals surface area contributed by atoms with Gasteiger partial charge >= 0.3 is 0 Å². The minimum absolute atomic E-state index is 0. The molecule has 119 valence electrons. The fourth-order valence-electron chi connectivity index (χ4n) is 2.44. The number of benzene rings is 2. The first-order valence-corrected chi connectivity index (χ1v) is 7.04. The summed E-state index contributed by atoms with van der Waals surface area (Å²) in [6.07, 6.45) is 7.52. The molecule has 0 spiro atoms. The maximum absolute atomic E-state index is 7.66. The van der Waals surface area contributed by atoms with Crippen molar-refractivity contribution in [1.82, 2.24) is 0 Å². The Balaban J connectivity index is 0.00000192. The number of nitrogens with one attached hydrogen (secondary N) is 1. The van der Waals surface area contributed by atoms with Gasteiger partial charge in [0.2, 0.25) is 0 Å². The fraction of sp³-hybridized carbons (Fsp3) is 0. The summed E-state index contributed by atoms with van der Waals surface area (Å²) in [7, 11) is 0. The molecular formula is C19H17CuN3. The summed E-state index contributed by atoms with van der Waals surface area (Å²) in [6, 6.07) is 15.6. The third kappa shape index (κ3) is 3.81. The average Bonchev–Trinajstić information content (AvgIpc) is 2.53. The Hall–Kier alpha value is -2.55. The van der Waals surface area contributed by atoms with E-state index < -0.39 is 0 Å². The number of allylic oxidation sites excluding steroid dienone is 5. The van der Waals surface area contributed by atoms with Gasteiger partial charge in [0.05, 0.1) is 5.71 Å². The van der Waals surface area contributed by atoms with Crippen LogP contribution in [0, 0.1) is 5.41 Å². The van der Waals surface area contributed by atoms with Gasteiger partial charge in [-0.15, -0.1) is 0 Å². The second kappa shape index (κ2) is 7.14. The predicted octanol–water partition coefficient (Wildman–Crippen LogP) is 3.80. The molecule has 0 unspecified atom stereocenters. The zero-order valence-corrected chi connectivity index (χ0v) is 13.3. The van der Waals surface area contributed by atoms with Gasteiger partial charge in [-0.2, -0.15) is 0 Å². The summed E-state index contributed by atoms with van der Waals surface area (Å²) in [5.41, 5.74) is 17.9. The third-order valence-corrected chi connectivity index (χ3v) is 3.57. The first-order valence-electron chi connectivity index (χ1n) is 7.04. The van der Waals surface area contributed by atoms with E-state index in [4.69, 9.17) is 16.9 Å². The molecule has 0 amide bonds. The van der Waals surface area contributed by atoms with Crippen molar-refractivity contribution >= 4 is 22.7 Å². The minimum atomic E-state index is 0. The van der Waals surface area contributed by atoms with E-state index in [1.165, 1.54) is 0 Å². The molecule has 0 atom stereocenters. The van der Waals surface area contributed by atoms with Crippen LogP contribution >= 0.6 is 0 Å². The van der Waals surface area contributed by atoms with Crippen molar-refractivity contribution in [1.29, 1.82) is 5.41 Å². The first-order chi connectivity index (χ1) is 10.6. The van der Waals surface area contributed by atoms with Gasteiger partial charge in [0.25, 0.3) is 0 Å². The second-order valence-electron chi connectivity index (χ2n) is 5.20. The molecule has 1 aliphatic carbocycles. The van der Waals surface area contributed by atoms with E-state index in [1.807, 2.05) is 60.7 Å². The quantitative estimate of drug-likeness (QED) is 0.569. The van der Waals surface area contributed by atoms with Crippen molar-refractivity contribution < 1.29 is 17.1 Å². The molecule has 4 heteroatoms. The normalized spacial score (nSPS) is 12.9. The topological polar surface area (TPSA) is 75.9 Å². The number of nitrogens with two attached hydrogens (primary N) is 2. The first kappa shape index (κ1) is 16.8.